The zero-order chi connectivity index (χ0) is 24.3. The molecule has 0 spiro atoms. The van der Waals surface area contributed by atoms with Crippen molar-refractivity contribution in [3.63, 3.8) is 0 Å². The summed E-state index contributed by atoms with van der Waals surface area (Å²) in [7, 11) is 1.59. The summed E-state index contributed by atoms with van der Waals surface area (Å²) in [5.74, 6) is -1.05. The van der Waals surface area contributed by atoms with Crippen molar-refractivity contribution in [3.8, 4) is 0 Å². The average molecular weight is 480 g/mol. The normalized spacial score (nSPS) is 17.3. The molecule has 1 aliphatic rings. The van der Waals surface area contributed by atoms with E-state index in [0.717, 1.165) is 11.1 Å². The largest absolute Gasteiger partial charge is 0.350 e. The van der Waals surface area contributed by atoms with E-state index in [-0.39, 0.29) is 35.7 Å². The number of fused-ring (bicyclic) bond motifs is 1. The molecule has 0 aliphatic carbocycles. The quantitative estimate of drug-likeness (QED) is 0.544. The van der Waals surface area contributed by atoms with Crippen molar-refractivity contribution in [1.82, 2.24) is 25.3 Å². The van der Waals surface area contributed by atoms with E-state index in [1.54, 1.807) is 20.0 Å². The molecule has 2 N–H and O–H groups in total. The van der Waals surface area contributed by atoms with Crippen LogP contribution in [0, 0.1) is 0 Å². The fourth-order valence-corrected chi connectivity index (χ4v) is 4.14. The molecule has 3 aromatic rings. The molecule has 0 radical (unpaired) electrons. The van der Waals surface area contributed by atoms with Crippen molar-refractivity contribution < 1.29 is 14.4 Å². The summed E-state index contributed by atoms with van der Waals surface area (Å²) in [6, 6.07) is 18.5. The molecule has 1 atom stereocenters. The molecule has 0 saturated carbocycles. The monoisotopic (exact) mass is 479 g/mol. The van der Waals surface area contributed by atoms with Gasteiger partial charge in [-0.1, -0.05) is 60.1 Å². The Bertz CT molecular complexity index is 1230. The molecule has 1 aliphatic heterocycles. The van der Waals surface area contributed by atoms with Gasteiger partial charge in [-0.25, -0.2) is 0 Å². The lowest BCUT2D eigenvalue weighted by atomic mass is 9.96. The topological polar surface area (TPSA) is 96.3 Å². The van der Waals surface area contributed by atoms with Crippen molar-refractivity contribution in [2.24, 2.45) is 0 Å². The Hall–Kier alpha value is -3.65. The van der Waals surface area contributed by atoms with Gasteiger partial charge in [0.1, 0.15) is 11.2 Å². The molecule has 1 aromatic heterocycles. The summed E-state index contributed by atoms with van der Waals surface area (Å²) in [5.41, 5.74) is 1.14. The van der Waals surface area contributed by atoms with Crippen molar-refractivity contribution in [3.05, 3.63) is 88.2 Å². The van der Waals surface area contributed by atoms with Crippen LogP contribution in [0.2, 0.25) is 5.02 Å². The number of nitrogens with zero attached hydrogens (tertiary/aromatic N) is 3. The van der Waals surface area contributed by atoms with Crippen molar-refractivity contribution >= 4 is 29.3 Å². The van der Waals surface area contributed by atoms with Gasteiger partial charge in [-0.05, 0) is 30.5 Å². The summed E-state index contributed by atoms with van der Waals surface area (Å²) in [6.45, 7) is 2.55. The van der Waals surface area contributed by atoms with Crippen LogP contribution < -0.4 is 10.6 Å². The van der Waals surface area contributed by atoms with Crippen LogP contribution in [0.15, 0.2) is 60.7 Å². The molecule has 2 aromatic carbocycles. The smallest absolute Gasteiger partial charge is 0.272 e. The molecule has 0 bridgehead atoms. The fraction of sp³-hybridized carbons (Fsp3) is 0.280. The number of hydrogen-bond donors (Lipinski definition) is 2. The van der Waals surface area contributed by atoms with E-state index < -0.39 is 5.54 Å². The lowest BCUT2D eigenvalue weighted by Gasteiger charge is -2.40. The van der Waals surface area contributed by atoms with Gasteiger partial charge in [0, 0.05) is 31.2 Å². The lowest BCUT2D eigenvalue weighted by molar-refractivity contribution is -0.132. The highest BCUT2D eigenvalue weighted by Crippen LogP contribution is 2.26. The number of halogens is 1. The van der Waals surface area contributed by atoms with E-state index in [1.807, 2.05) is 48.5 Å². The maximum atomic E-state index is 13.1. The molecule has 4 rings (SSSR count). The number of benzene rings is 2. The highest BCUT2D eigenvalue weighted by Gasteiger charge is 2.46. The van der Waals surface area contributed by atoms with E-state index in [1.165, 1.54) is 15.6 Å². The molecular formula is C25H26ClN5O3. The summed E-state index contributed by atoms with van der Waals surface area (Å²) >= 11 is 6.16. The van der Waals surface area contributed by atoms with Gasteiger partial charge < -0.3 is 15.5 Å². The Labute approximate surface area is 202 Å². The molecular weight excluding hydrogens is 454 g/mol. The third-order valence-corrected chi connectivity index (χ3v) is 6.53. The number of nitrogens with one attached hydrogen (secondary N) is 2. The first-order valence-electron chi connectivity index (χ1n) is 11.0. The van der Waals surface area contributed by atoms with Crippen LogP contribution in [-0.2, 0) is 24.3 Å². The van der Waals surface area contributed by atoms with Gasteiger partial charge in [-0.2, -0.15) is 5.10 Å². The minimum absolute atomic E-state index is 0.129. The predicted molar refractivity (Wildman–Crippen MR) is 129 cm³/mol. The summed E-state index contributed by atoms with van der Waals surface area (Å²) in [5, 5.41) is 10.7. The molecule has 9 heteroatoms. The van der Waals surface area contributed by atoms with E-state index in [0.29, 0.717) is 24.5 Å². The lowest BCUT2D eigenvalue weighted by Crippen LogP contribution is -2.62. The van der Waals surface area contributed by atoms with Gasteiger partial charge in [-0.15, -0.1) is 0 Å². The van der Waals surface area contributed by atoms with Crippen LogP contribution in [0.25, 0.3) is 0 Å². The van der Waals surface area contributed by atoms with Crippen LogP contribution in [0.1, 0.15) is 39.0 Å². The number of amides is 3. The number of hydrogen-bond acceptors (Lipinski definition) is 4. The zero-order valence-corrected chi connectivity index (χ0v) is 19.8. The van der Waals surface area contributed by atoms with E-state index >= 15 is 0 Å². The molecule has 3 amide bonds. The molecule has 176 valence electrons. The van der Waals surface area contributed by atoms with E-state index in [9.17, 15) is 14.4 Å². The van der Waals surface area contributed by atoms with Gasteiger partial charge in [0.2, 0.25) is 5.91 Å². The van der Waals surface area contributed by atoms with Crippen LogP contribution in [-0.4, -0.2) is 51.5 Å². The Morgan fingerprint density at radius 2 is 1.79 bits per heavy atom. The van der Waals surface area contributed by atoms with Crippen molar-refractivity contribution in [1.29, 1.82) is 0 Å². The van der Waals surface area contributed by atoms with Crippen LogP contribution in [0.5, 0.6) is 0 Å². The third kappa shape index (κ3) is 4.68. The molecule has 0 fully saturated rings. The number of rotatable bonds is 7. The highest BCUT2D eigenvalue weighted by molar-refractivity contribution is 6.31. The highest BCUT2D eigenvalue weighted by atomic mass is 35.5. The van der Waals surface area contributed by atoms with E-state index in [2.05, 4.69) is 15.7 Å². The molecule has 8 nitrogen and oxygen atoms in total. The first kappa shape index (κ1) is 23.5. The standard InChI is InChI=1S/C25H26ClN5O3/c1-25(24(34)28-15-17-8-4-3-5-9-17)16-31-21(23(33)30(25)2)14-20(29-31)22(32)27-13-12-18-10-6-7-11-19(18)26/h3-11,14H,12-13,15-16H2,1-2H3,(H,27,32)(H,28,34). The molecule has 2 heterocycles. The maximum Gasteiger partial charge on any atom is 0.272 e. The molecule has 34 heavy (non-hydrogen) atoms. The Balaban J connectivity index is 1.43. The van der Waals surface area contributed by atoms with E-state index in [4.69, 9.17) is 11.6 Å². The third-order valence-electron chi connectivity index (χ3n) is 6.16. The molecule has 1 unspecified atom stereocenters. The van der Waals surface area contributed by atoms with Crippen LogP contribution in [0.3, 0.4) is 0 Å². The maximum absolute atomic E-state index is 13.1. The number of aromatic nitrogens is 2. The van der Waals surface area contributed by atoms with Gasteiger partial charge in [0.15, 0.2) is 5.69 Å². The zero-order valence-electron chi connectivity index (χ0n) is 19.0. The minimum atomic E-state index is -1.15. The second-order valence-electron chi connectivity index (χ2n) is 8.48. The summed E-state index contributed by atoms with van der Waals surface area (Å²) in [4.78, 5) is 40.2. The fourth-order valence-electron chi connectivity index (χ4n) is 3.91. The number of likely N-dealkylation sites (N-methyl/N-ethyl adjacent to an activating group) is 1. The SMILES string of the molecule is CN1C(=O)c2cc(C(=O)NCCc3ccccc3Cl)nn2CC1(C)C(=O)NCc1ccccc1. The van der Waals surface area contributed by atoms with Crippen molar-refractivity contribution in [2.75, 3.05) is 13.6 Å². The Morgan fingerprint density at radius 3 is 2.53 bits per heavy atom. The minimum Gasteiger partial charge on any atom is -0.350 e. The molecule has 0 saturated heterocycles. The number of carbonyl (C=O) groups excluding carboxylic acids is 3. The summed E-state index contributed by atoms with van der Waals surface area (Å²) in [6.07, 6.45) is 0.570. The van der Waals surface area contributed by atoms with Crippen LogP contribution >= 0.6 is 11.6 Å². The Kier molecular flexibility index (Phi) is 6.70. The number of carbonyl (C=O) groups is 3. The van der Waals surface area contributed by atoms with Crippen molar-refractivity contribution in [2.45, 2.75) is 32.0 Å². The first-order valence-corrected chi connectivity index (χ1v) is 11.4. The van der Waals surface area contributed by atoms with Gasteiger partial charge in [0.05, 0.1) is 6.54 Å². The van der Waals surface area contributed by atoms with Gasteiger partial charge in [0.25, 0.3) is 11.8 Å². The Morgan fingerprint density at radius 1 is 1.09 bits per heavy atom. The predicted octanol–water partition coefficient (Wildman–Crippen LogP) is 2.67. The first-order chi connectivity index (χ1) is 16.3. The summed E-state index contributed by atoms with van der Waals surface area (Å²) < 4.78 is 1.44. The second-order valence-corrected chi connectivity index (χ2v) is 8.88. The van der Waals surface area contributed by atoms with Crippen LogP contribution in [0.4, 0.5) is 0 Å². The average Bonchev–Trinajstić information content (AvgIpc) is 3.27. The second kappa shape index (κ2) is 9.69. The van der Waals surface area contributed by atoms with Gasteiger partial charge in [-0.3, -0.25) is 19.1 Å². The van der Waals surface area contributed by atoms with Gasteiger partial charge >= 0.3 is 0 Å².